The first-order chi connectivity index (χ1) is 12.6. The smallest absolute Gasteiger partial charge is 0.258 e. The van der Waals surface area contributed by atoms with Gasteiger partial charge in [0.05, 0.1) is 6.04 Å². The molecule has 1 heterocycles. The molecule has 2 aromatic carbocycles. The molecule has 0 aliphatic carbocycles. The zero-order valence-corrected chi connectivity index (χ0v) is 15.7. The second-order valence-electron chi connectivity index (χ2n) is 6.96. The molecule has 1 saturated heterocycles. The van der Waals surface area contributed by atoms with Crippen molar-refractivity contribution in [3.05, 3.63) is 65.2 Å². The van der Waals surface area contributed by atoms with E-state index in [0.717, 1.165) is 24.4 Å². The predicted molar refractivity (Wildman–Crippen MR) is 104 cm³/mol. The fourth-order valence-electron chi connectivity index (χ4n) is 3.47. The van der Waals surface area contributed by atoms with Crippen LogP contribution in [-0.2, 0) is 4.79 Å². The summed E-state index contributed by atoms with van der Waals surface area (Å²) in [6, 6.07) is 16.6. The summed E-state index contributed by atoms with van der Waals surface area (Å²) in [7, 11) is 0. The van der Waals surface area contributed by atoms with Crippen LogP contribution in [-0.4, -0.2) is 37.0 Å². The number of benzene rings is 2. The molecule has 1 aliphatic heterocycles. The molecular formula is C22H28N2O2. The van der Waals surface area contributed by atoms with Crippen LogP contribution < -0.4 is 10.1 Å². The van der Waals surface area contributed by atoms with Gasteiger partial charge in [-0.2, -0.15) is 0 Å². The Morgan fingerprint density at radius 1 is 1.08 bits per heavy atom. The molecule has 4 heteroatoms. The van der Waals surface area contributed by atoms with Crippen LogP contribution >= 0.6 is 0 Å². The van der Waals surface area contributed by atoms with Crippen LogP contribution in [0.5, 0.6) is 5.75 Å². The quantitative estimate of drug-likeness (QED) is 0.827. The van der Waals surface area contributed by atoms with Crippen molar-refractivity contribution in [2.24, 2.45) is 0 Å². The number of rotatable bonds is 7. The summed E-state index contributed by atoms with van der Waals surface area (Å²) < 4.78 is 5.72. The van der Waals surface area contributed by atoms with Crippen molar-refractivity contribution in [1.29, 1.82) is 0 Å². The first-order valence-corrected chi connectivity index (χ1v) is 9.40. The maximum absolute atomic E-state index is 12.3. The van der Waals surface area contributed by atoms with Crippen LogP contribution in [0.4, 0.5) is 0 Å². The third-order valence-electron chi connectivity index (χ3n) is 5.17. The maximum Gasteiger partial charge on any atom is 0.258 e. The molecule has 0 spiro atoms. The van der Waals surface area contributed by atoms with Crippen LogP contribution in [0.25, 0.3) is 0 Å². The lowest BCUT2D eigenvalue weighted by atomic mass is 10.1. The van der Waals surface area contributed by atoms with Gasteiger partial charge >= 0.3 is 0 Å². The molecule has 4 nitrogen and oxygen atoms in total. The average Bonchev–Trinajstić information content (AvgIpc) is 3.18. The van der Waals surface area contributed by atoms with Crippen LogP contribution in [0.15, 0.2) is 48.5 Å². The monoisotopic (exact) mass is 352 g/mol. The zero-order chi connectivity index (χ0) is 18.4. The molecule has 26 heavy (non-hydrogen) atoms. The first-order valence-electron chi connectivity index (χ1n) is 9.40. The van der Waals surface area contributed by atoms with E-state index < -0.39 is 0 Å². The molecule has 0 radical (unpaired) electrons. The van der Waals surface area contributed by atoms with Crippen molar-refractivity contribution in [3.8, 4) is 5.75 Å². The minimum absolute atomic E-state index is 0.0474. The highest BCUT2D eigenvalue weighted by molar-refractivity contribution is 5.77. The Balaban J connectivity index is 1.56. The van der Waals surface area contributed by atoms with Gasteiger partial charge < -0.3 is 10.1 Å². The molecule has 0 unspecified atom stereocenters. The van der Waals surface area contributed by atoms with Gasteiger partial charge in [0.2, 0.25) is 0 Å². The fraction of sp³-hybridized carbons (Fsp3) is 0.409. The maximum atomic E-state index is 12.3. The second kappa shape index (κ2) is 8.86. The molecule has 2 aromatic rings. The number of nitrogens with zero attached hydrogens (tertiary/aromatic N) is 1. The van der Waals surface area contributed by atoms with E-state index in [2.05, 4.69) is 34.5 Å². The molecule has 0 aromatic heterocycles. The fourth-order valence-corrected chi connectivity index (χ4v) is 3.47. The SMILES string of the molecule is Cc1cccc(OCC(=O)NC[C@H](c2ccccc2)N2CCCC2)c1C. The lowest BCUT2D eigenvalue weighted by Gasteiger charge is -2.28. The molecule has 1 aliphatic rings. The van der Waals surface area contributed by atoms with Gasteiger partial charge in [0.15, 0.2) is 6.61 Å². The minimum Gasteiger partial charge on any atom is -0.483 e. The number of aryl methyl sites for hydroxylation is 1. The van der Waals surface area contributed by atoms with Crippen molar-refractivity contribution < 1.29 is 9.53 Å². The number of likely N-dealkylation sites (tertiary alicyclic amines) is 1. The molecule has 1 atom stereocenters. The van der Waals surface area contributed by atoms with Gasteiger partial charge in [0.25, 0.3) is 5.91 Å². The summed E-state index contributed by atoms with van der Waals surface area (Å²) in [5.74, 6) is 0.699. The van der Waals surface area contributed by atoms with Crippen molar-refractivity contribution >= 4 is 5.91 Å². The second-order valence-corrected chi connectivity index (χ2v) is 6.96. The van der Waals surface area contributed by atoms with Crippen LogP contribution in [0, 0.1) is 13.8 Å². The summed E-state index contributed by atoms with van der Waals surface area (Å²) in [5.41, 5.74) is 3.51. The third-order valence-corrected chi connectivity index (χ3v) is 5.17. The summed E-state index contributed by atoms with van der Waals surface area (Å²) in [4.78, 5) is 14.8. The Morgan fingerprint density at radius 2 is 1.81 bits per heavy atom. The van der Waals surface area contributed by atoms with E-state index in [4.69, 9.17) is 4.74 Å². The van der Waals surface area contributed by atoms with Crippen LogP contribution in [0.1, 0.15) is 35.6 Å². The van der Waals surface area contributed by atoms with Crippen LogP contribution in [0.3, 0.4) is 0 Å². The molecular weight excluding hydrogens is 324 g/mol. The average molecular weight is 352 g/mol. The van der Waals surface area contributed by atoms with Crippen molar-refractivity contribution in [2.45, 2.75) is 32.7 Å². The highest BCUT2D eigenvalue weighted by Crippen LogP contribution is 2.24. The summed E-state index contributed by atoms with van der Waals surface area (Å²) in [5, 5.41) is 3.06. The summed E-state index contributed by atoms with van der Waals surface area (Å²) in [6.45, 7) is 6.90. The lowest BCUT2D eigenvalue weighted by molar-refractivity contribution is -0.123. The standard InChI is InChI=1S/C22H28N2O2/c1-17-9-8-12-21(18(17)2)26-16-22(25)23-15-20(24-13-6-7-14-24)19-10-4-3-5-11-19/h3-5,8-12,20H,6-7,13-16H2,1-2H3,(H,23,25)/t20-/m1/s1. The Hall–Kier alpha value is -2.33. The topological polar surface area (TPSA) is 41.6 Å². The summed E-state index contributed by atoms with van der Waals surface area (Å²) in [6.07, 6.45) is 2.46. The van der Waals surface area contributed by atoms with Gasteiger partial charge in [0, 0.05) is 6.54 Å². The molecule has 3 rings (SSSR count). The number of ether oxygens (including phenoxy) is 1. The number of carbonyl (C=O) groups is 1. The predicted octanol–water partition coefficient (Wildman–Crippen LogP) is 3.64. The highest BCUT2D eigenvalue weighted by atomic mass is 16.5. The number of hydrogen-bond donors (Lipinski definition) is 1. The van der Waals surface area contributed by atoms with Gasteiger partial charge in [-0.25, -0.2) is 0 Å². The zero-order valence-electron chi connectivity index (χ0n) is 15.7. The Labute approximate surface area is 156 Å². The van der Waals surface area contributed by atoms with Gasteiger partial charge in [-0.1, -0.05) is 42.5 Å². The lowest BCUT2D eigenvalue weighted by Crippen LogP contribution is -2.38. The van der Waals surface area contributed by atoms with E-state index in [0.29, 0.717) is 6.54 Å². The largest absolute Gasteiger partial charge is 0.483 e. The Kier molecular flexibility index (Phi) is 6.29. The van der Waals surface area contributed by atoms with Crippen molar-refractivity contribution in [1.82, 2.24) is 10.2 Å². The van der Waals surface area contributed by atoms with Gasteiger partial charge in [0.1, 0.15) is 5.75 Å². The molecule has 1 amide bonds. The van der Waals surface area contributed by atoms with E-state index in [1.54, 1.807) is 0 Å². The Bertz CT molecular complexity index is 724. The minimum atomic E-state index is -0.0777. The first kappa shape index (κ1) is 18.5. The number of carbonyl (C=O) groups excluding carboxylic acids is 1. The van der Waals surface area contributed by atoms with Crippen LogP contribution in [0.2, 0.25) is 0 Å². The van der Waals surface area contributed by atoms with E-state index >= 15 is 0 Å². The normalized spacial score (nSPS) is 15.6. The van der Waals surface area contributed by atoms with E-state index in [1.165, 1.54) is 24.0 Å². The molecule has 0 bridgehead atoms. The highest BCUT2D eigenvalue weighted by Gasteiger charge is 2.23. The van der Waals surface area contributed by atoms with Crippen molar-refractivity contribution in [2.75, 3.05) is 26.2 Å². The molecule has 1 fully saturated rings. The Morgan fingerprint density at radius 3 is 2.54 bits per heavy atom. The number of nitrogens with one attached hydrogen (secondary N) is 1. The molecule has 0 saturated carbocycles. The van der Waals surface area contributed by atoms with Gasteiger partial charge in [-0.15, -0.1) is 0 Å². The van der Waals surface area contributed by atoms with E-state index in [-0.39, 0.29) is 18.6 Å². The van der Waals surface area contributed by atoms with Gasteiger partial charge in [-0.05, 0) is 62.5 Å². The van der Waals surface area contributed by atoms with Crippen molar-refractivity contribution in [3.63, 3.8) is 0 Å². The number of amides is 1. The van der Waals surface area contributed by atoms with Gasteiger partial charge in [-0.3, -0.25) is 9.69 Å². The molecule has 1 N–H and O–H groups in total. The third kappa shape index (κ3) is 4.64. The molecule has 138 valence electrons. The van der Waals surface area contributed by atoms with E-state index in [1.807, 2.05) is 38.1 Å². The van der Waals surface area contributed by atoms with E-state index in [9.17, 15) is 4.79 Å². The summed E-state index contributed by atoms with van der Waals surface area (Å²) >= 11 is 0. The number of hydrogen-bond acceptors (Lipinski definition) is 3.